The molecule has 2 aromatic heterocycles. The average molecular weight is 261 g/mol. The number of hydrogen-bond acceptors (Lipinski definition) is 4. The number of nitrogens with zero attached hydrogens (tertiary/aromatic N) is 4. The maximum absolute atomic E-state index is 4.70. The predicted octanol–water partition coefficient (Wildman–Crippen LogP) is 2.64. The van der Waals surface area contributed by atoms with Crippen LogP contribution in [0.5, 0.6) is 0 Å². The van der Waals surface area contributed by atoms with Crippen LogP contribution in [0.3, 0.4) is 0 Å². The lowest BCUT2D eigenvalue weighted by Gasteiger charge is -2.30. The van der Waals surface area contributed by atoms with E-state index in [4.69, 9.17) is 4.98 Å². The Labute approximate surface area is 114 Å². The first-order valence-electron chi connectivity index (χ1n) is 6.81. The van der Waals surface area contributed by atoms with Gasteiger partial charge in [0.2, 0.25) is 0 Å². The highest BCUT2D eigenvalue weighted by Crippen LogP contribution is 2.23. The molecule has 5 nitrogen and oxygen atoms in total. The molecular weight excluding hydrogens is 238 g/mol. The van der Waals surface area contributed by atoms with Crippen molar-refractivity contribution in [3.05, 3.63) is 18.6 Å². The third kappa shape index (κ3) is 2.80. The van der Waals surface area contributed by atoms with E-state index in [-0.39, 0.29) is 0 Å². The molecule has 0 saturated carbocycles. The van der Waals surface area contributed by atoms with Crippen molar-refractivity contribution >= 4 is 17.3 Å². The van der Waals surface area contributed by atoms with Gasteiger partial charge in [0.05, 0.1) is 6.20 Å². The van der Waals surface area contributed by atoms with E-state index in [0.29, 0.717) is 12.0 Å². The molecule has 1 N–H and O–H groups in total. The first kappa shape index (κ1) is 13.6. The van der Waals surface area contributed by atoms with E-state index in [1.54, 1.807) is 0 Å². The molecule has 0 radical (unpaired) electrons. The minimum Gasteiger partial charge on any atom is -0.372 e. The molecule has 0 aliphatic heterocycles. The quantitative estimate of drug-likeness (QED) is 0.898. The molecule has 0 bridgehead atoms. The van der Waals surface area contributed by atoms with Crippen LogP contribution in [0, 0.1) is 5.92 Å². The zero-order valence-corrected chi connectivity index (χ0v) is 12.4. The molecule has 0 saturated heterocycles. The number of nitrogens with one attached hydrogen (secondary N) is 1. The highest BCUT2D eigenvalue weighted by Gasteiger charge is 2.18. The van der Waals surface area contributed by atoms with Gasteiger partial charge in [0.15, 0.2) is 11.5 Å². The monoisotopic (exact) mass is 261 g/mol. The van der Waals surface area contributed by atoms with Crippen LogP contribution in [0.15, 0.2) is 18.6 Å². The van der Waals surface area contributed by atoms with Crippen molar-refractivity contribution in [3.63, 3.8) is 0 Å². The smallest absolute Gasteiger partial charge is 0.180 e. The summed E-state index contributed by atoms with van der Waals surface area (Å²) < 4.78 is 2.02. The summed E-state index contributed by atoms with van der Waals surface area (Å²) in [5.74, 6) is 2.38. The summed E-state index contributed by atoms with van der Waals surface area (Å²) >= 11 is 0. The molecule has 0 atom stereocenters. The second-order valence-electron chi connectivity index (χ2n) is 5.50. The third-order valence-electron chi connectivity index (χ3n) is 3.07. The molecule has 2 heterocycles. The van der Waals surface area contributed by atoms with E-state index in [1.165, 1.54) is 0 Å². The van der Waals surface area contributed by atoms with Crippen molar-refractivity contribution in [2.45, 2.75) is 33.7 Å². The summed E-state index contributed by atoms with van der Waals surface area (Å²) in [7, 11) is 1.89. The second-order valence-corrected chi connectivity index (χ2v) is 5.50. The van der Waals surface area contributed by atoms with Crippen LogP contribution in [0.1, 0.15) is 27.7 Å². The minimum atomic E-state index is 0.391. The van der Waals surface area contributed by atoms with Crippen LogP contribution < -0.4 is 10.2 Å². The molecule has 5 heteroatoms. The normalized spacial score (nSPS) is 11.5. The SMILES string of the molecule is CNc1cn2ccnc2c(N(CC(C)C)C(C)C)n1. The van der Waals surface area contributed by atoms with Crippen LogP contribution in [-0.2, 0) is 0 Å². The van der Waals surface area contributed by atoms with E-state index in [2.05, 4.69) is 42.9 Å². The largest absolute Gasteiger partial charge is 0.372 e. The van der Waals surface area contributed by atoms with Crippen molar-refractivity contribution < 1.29 is 0 Å². The number of rotatable bonds is 5. The Morgan fingerprint density at radius 3 is 2.63 bits per heavy atom. The fraction of sp³-hybridized carbons (Fsp3) is 0.571. The molecule has 0 aromatic carbocycles. The summed E-state index contributed by atoms with van der Waals surface area (Å²) in [5.41, 5.74) is 0.911. The maximum Gasteiger partial charge on any atom is 0.180 e. The fourth-order valence-corrected chi connectivity index (χ4v) is 2.16. The van der Waals surface area contributed by atoms with Gasteiger partial charge >= 0.3 is 0 Å². The highest BCUT2D eigenvalue weighted by molar-refractivity contribution is 5.67. The Hall–Kier alpha value is -1.78. The van der Waals surface area contributed by atoms with Crippen molar-refractivity contribution in [3.8, 4) is 0 Å². The predicted molar refractivity (Wildman–Crippen MR) is 79.9 cm³/mol. The average Bonchev–Trinajstić information content (AvgIpc) is 2.82. The number of imidazole rings is 1. The van der Waals surface area contributed by atoms with Crippen molar-refractivity contribution in [2.75, 3.05) is 23.8 Å². The third-order valence-corrected chi connectivity index (χ3v) is 3.07. The van der Waals surface area contributed by atoms with Gasteiger partial charge in [-0.15, -0.1) is 0 Å². The molecule has 2 aromatic rings. The number of anilines is 2. The number of hydrogen-bond donors (Lipinski definition) is 1. The molecule has 0 fully saturated rings. The maximum atomic E-state index is 4.70. The molecule has 0 amide bonds. The molecule has 0 aliphatic rings. The minimum absolute atomic E-state index is 0.391. The van der Waals surface area contributed by atoms with Crippen LogP contribution in [0.25, 0.3) is 5.65 Å². The lowest BCUT2D eigenvalue weighted by atomic mass is 10.2. The molecular formula is C14H23N5. The topological polar surface area (TPSA) is 45.5 Å². The molecule has 0 aliphatic carbocycles. The number of fused-ring (bicyclic) bond motifs is 1. The standard InChI is InChI=1S/C14H23N5/c1-10(2)8-19(11(3)4)14-13-16-6-7-18(13)9-12(15-5)17-14/h6-7,9-11,15H,8H2,1-5H3. The van der Waals surface area contributed by atoms with Crippen molar-refractivity contribution in [1.82, 2.24) is 14.4 Å². The Bertz CT molecular complexity index is 544. The van der Waals surface area contributed by atoms with Gasteiger partial charge in [-0.3, -0.25) is 0 Å². The molecule has 0 unspecified atom stereocenters. The van der Waals surface area contributed by atoms with Gasteiger partial charge in [0, 0.05) is 32.0 Å². The van der Waals surface area contributed by atoms with Gasteiger partial charge in [-0.1, -0.05) is 13.8 Å². The summed E-state index contributed by atoms with van der Waals surface area (Å²) in [6.07, 6.45) is 5.72. The van der Waals surface area contributed by atoms with Gasteiger partial charge in [0.25, 0.3) is 0 Å². The van der Waals surface area contributed by atoms with E-state index in [0.717, 1.165) is 23.8 Å². The van der Waals surface area contributed by atoms with E-state index in [9.17, 15) is 0 Å². The number of aromatic nitrogens is 3. The van der Waals surface area contributed by atoms with Gasteiger partial charge in [-0.2, -0.15) is 0 Å². The van der Waals surface area contributed by atoms with E-state index >= 15 is 0 Å². The second kappa shape index (κ2) is 5.47. The Balaban J connectivity index is 2.53. The van der Waals surface area contributed by atoms with Crippen LogP contribution >= 0.6 is 0 Å². The summed E-state index contributed by atoms with van der Waals surface area (Å²) in [5, 5.41) is 3.11. The summed E-state index contributed by atoms with van der Waals surface area (Å²) in [6, 6.07) is 0.391. The molecule has 19 heavy (non-hydrogen) atoms. The zero-order valence-electron chi connectivity index (χ0n) is 12.4. The Morgan fingerprint density at radius 1 is 1.32 bits per heavy atom. The van der Waals surface area contributed by atoms with Crippen molar-refractivity contribution in [2.24, 2.45) is 5.92 Å². The lowest BCUT2D eigenvalue weighted by molar-refractivity contribution is 0.566. The fourth-order valence-electron chi connectivity index (χ4n) is 2.16. The van der Waals surface area contributed by atoms with Crippen LogP contribution in [0.2, 0.25) is 0 Å². The van der Waals surface area contributed by atoms with E-state index < -0.39 is 0 Å². The highest BCUT2D eigenvalue weighted by atomic mass is 15.3. The molecule has 2 rings (SSSR count). The van der Waals surface area contributed by atoms with Crippen LogP contribution in [-0.4, -0.2) is 34.0 Å². The lowest BCUT2D eigenvalue weighted by Crippen LogP contribution is -2.35. The zero-order chi connectivity index (χ0) is 14.0. The van der Waals surface area contributed by atoms with Gasteiger partial charge in [0.1, 0.15) is 5.82 Å². The van der Waals surface area contributed by atoms with Crippen LogP contribution in [0.4, 0.5) is 11.6 Å². The summed E-state index contributed by atoms with van der Waals surface area (Å²) in [4.78, 5) is 11.4. The Morgan fingerprint density at radius 2 is 2.05 bits per heavy atom. The first-order chi connectivity index (χ1) is 9.02. The van der Waals surface area contributed by atoms with Gasteiger partial charge in [-0.25, -0.2) is 9.97 Å². The van der Waals surface area contributed by atoms with Gasteiger partial charge in [-0.05, 0) is 19.8 Å². The molecule has 0 spiro atoms. The molecule has 104 valence electrons. The van der Waals surface area contributed by atoms with Gasteiger partial charge < -0.3 is 14.6 Å². The first-order valence-corrected chi connectivity index (χ1v) is 6.81. The summed E-state index contributed by atoms with van der Waals surface area (Å²) in [6.45, 7) is 9.80. The Kier molecular flexibility index (Phi) is 3.93. The van der Waals surface area contributed by atoms with Crippen molar-refractivity contribution in [1.29, 1.82) is 0 Å². The van der Waals surface area contributed by atoms with E-state index in [1.807, 2.05) is 30.0 Å².